The Labute approximate surface area is 350 Å². The lowest BCUT2D eigenvalue weighted by molar-refractivity contribution is -0.0632. The van der Waals surface area contributed by atoms with E-state index in [1.807, 2.05) is 13.0 Å². The zero-order chi connectivity index (χ0) is 42.5. The van der Waals surface area contributed by atoms with Crippen molar-refractivity contribution in [1.29, 1.82) is 0 Å². The van der Waals surface area contributed by atoms with Crippen molar-refractivity contribution in [2.24, 2.45) is 23.7 Å². The minimum absolute atomic E-state index is 0.0347. The Balaban J connectivity index is 0.000000207. The smallest absolute Gasteiger partial charge is 0.109 e. The molecular weight excluding hydrogens is 729 g/mol. The molecule has 2 aliphatic heterocycles. The van der Waals surface area contributed by atoms with E-state index in [1.54, 1.807) is 36.5 Å². The van der Waals surface area contributed by atoms with Crippen LogP contribution in [0.1, 0.15) is 40.5 Å². The van der Waals surface area contributed by atoms with E-state index >= 15 is 0 Å². The molecule has 2 saturated carbocycles. The highest BCUT2D eigenvalue weighted by Gasteiger charge is 2.46. The van der Waals surface area contributed by atoms with Gasteiger partial charge in [0.25, 0.3) is 0 Å². The predicted molar refractivity (Wildman–Crippen MR) is 238 cm³/mol. The van der Waals surface area contributed by atoms with Gasteiger partial charge in [0.1, 0.15) is 24.4 Å². The van der Waals surface area contributed by atoms with E-state index in [0.717, 1.165) is 12.0 Å². The summed E-state index contributed by atoms with van der Waals surface area (Å²) in [5, 5.41) is 0. The quantitative estimate of drug-likeness (QED) is 0.106. The molecule has 0 aromatic rings. The first kappa shape index (κ1) is 48.9. The van der Waals surface area contributed by atoms with Gasteiger partial charge < -0.3 is 37.9 Å². The van der Waals surface area contributed by atoms with Crippen LogP contribution in [0.25, 0.3) is 0 Å². The van der Waals surface area contributed by atoms with E-state index in [1.165, 1.54) is 23.1 Å². The Morgan fingerprint density at radius 3 is 1.59 bits per heavy atom. The number of hydrogen-bond acceptors (Lipinski definition) is 8. The zero-order valence-electron chi connectivity index (χ0n) is 35.9. The van der Waals surface area contributed by atoms with Crippen LogP contribution in [-0.2, 0) is 37.9 Å². The minimum Gasteiger partial charge on any atom is -0.371 e. The predicted octanol–water partition coefficient (Wildman–Crippen LogP) is 9.63. The molecule has 0 saturated heterocycles. The van der Waals surface area contributed by atoms with Crippen LogP contribution in [0.5, 0.6) is 0 Å². The van der Waals surface area contributed by atoms with Crippen molar-refractivity contribution in [2.75, 3.05) is 52.9 Å². The Hall–Kier alpha value is -3.44. The summed E-state index contributed by atoms with van der Waals surface area (Å²) >= 11 is 0. The molecule has 12 atom stereocenters. The lowest BCUT2D eigenvalue weighted by Gasteiger charge is -2.38. The molecule has 0 amide bonds. The van der Waals surface area contributed by atoms with E-state index < -0.39 is 0 Å². The van der Waals surface area contributed by atoms with Crippen molar-refractivity contribution in [3.8, 4) is 0 Å². The third kappa shape index (κ3) is 13.8. The minimum atomic E-state index is -0.0493. The first-order valence-electron chi connectivity index (χ1n) is 20.7. The Bertz CT molecular complexity index is 1430. The van der Waals surface area contributed by atoms with Gasteiger partial charge in [-0.3, -0.25) is 0 Å². The standard InChI is InChI=1S/2C13H18O2.2C12H18O2/c1-3-7-14-12-10(4-2)9-11-6-5-8-15-13(11)12;1-3-7-14-12-10-5-6-11(9-10)13(12)15-8-4-2;1-5-7-13-11(9(2)3)12-10(4)6-8-14-12;1-5-7-13-11-9(3)10(4)12(11)14-8-6-2/h2*3-6,10-13H,1-2,7-9H2;2*5-6,11-12H,1-2,7-8H2,3-4H3/t10-,11+,12-,13+;10?,11?,12-,13?;2*11-,12+/m000./s1. The molecule has 2 fully saturated rings. The molecule has 58 heavy (non-hydrogen) atoms. The first-order valence-corrected chi connectivity index (χ1v) is 20.7. The van der Waals surface area contributed by atoms with Crippen molar-refractivity contribution < 1.29 is 37.9 Å². The molecule has 8 heteroatoms. The molecule has 2 bridgehead atoms. The van der Waals surface area contributed by atoms with E-state index in [0.29, 0.717) is 76.5 Å². The molecule has 2 heterocycles. The zero-order valence-corrected chi connectivity index (χ0v) is 35.9. The van der Waals surface area contributed by atoms with E-state index in [9.17, 15) is 0 Å². The normalized spacial score (nSPS) is 31.4. The van der Waals surface area contributed by atoms with Gasteiger partial charge in [-0.05, 0) is 62.8 Å². The van der Waals surface area contributed by atoms with Gasteiger partial charge in [-0.2, -0.15) is 0 Å². The molecule has 8 nitrogen and oxygen atoms in total. The molecule has 0 N–H and O–H groups in total. The fourth-order valence-electron chi connectivity index (χ4n) is 8.12. The summed E-state index contributed by atoms with van der Waals surface area (Å²) in [6, 6.07) is 0. The summed E-state index contributed by atoms with van der Waals surface area (Å²) < 4.78 is 45.4. The second-order valence-electron chi connectivity index (χ2n) is 15.3. The van der Waals surface area contributed by atoms with Crippen molar-refractivity contribution in [2.45, 2.75) is 89.4 Å². The monoisotopic (exact) mass is 801 g/mol. The Kier molecular flexibility index (Phi) is 22.5. The third-order valence-electron chi connectivity index (χ3n) is 11.1. The van der Waals surface area contributed by atoms with Gasteiger partial charge >= 0.3 is 0 Å². The first-order chi connectivity index (χ1) is 28.1. The lowest BCUT2D eigenvalue weighted by Crippen LogP contribution is -2.43. The second-order valence-corrected chi connectivity index (χ2v) is 15.3. The maximum atomic E-state index is 5.78. The summed E-state index contributed by atoms with van der Waals surface area (Å²) in [4.78, 5) is 0. The van der Waals surface area contributed by atoms with E-state index in [2.05, 4.69) is 104 Å². The fraction of sp³-hybridized carbons (Fsp3) is 0.520. The number of fused-ring (bicyclic) bond motifs is 3. The summed E-state index contributed by atoms with van der Waals surface area (Å²) in [5.41, 5.74) is 4.77. The van der Waals surface area contributed by atoms with E-state index in [-0.39, 0.29) is 48.8 Å². The summed E-state index contributed by atoms with van der Waals surface area (Å²) in [5.74, 6) is 1.97. The summed E-state index contributed by atoms with van der Waals surface area (Å²) in [6.45, 7) is 42.7. The van der Waals surface area contributed by atoms with Crippen molar-refractivity contribution in [3.05, 3.63) is 148 Å². The van der Waals surface area contributed by atoms with Crippen LogP contribution in [0.3, 0.4) is 0 Å². The number of rotatable bonds is 21. The van der Waals surface area contributed by atoms with Gasteiger partial charge in [0.15, 0.2) is 0 Å². The summed E-state index contributed by atoms with van der Waals surface area (Å²) in [6.07, 6.45) is 26.8. The topological polar surface area (TPSA) is 73.8 Å². The number of hydrogen-bond donors (Lipinski definition) is 0. The maximum Gasteiger partial charge on any atom is 0.109 e. The van der Waals surface area contributed by atoms with Crippen LogP contribution in [0.4, 0.5) is 0 Å². The van der Waals surface area contributed by atoms with Crippen LogP contribution < -0.4 is 0 Å². The van der Waals surface area contributed by atoms with Crippen LogP contribution in [0, 0.1) is 23.7 Å². The fourth-order valence-corrected chi connectivity index (χ4v) is 8.12. The molecule has 3 unspecified atom stereocenters. The maximum absolute atomic E-state index is 5.78. The molecule has 0 radical (unpaired) electrons. The largest absolute Gasteiger partial charge is 0.371 e. The molecule has 4 aliphatic carbocycles. The van der Waals surface area contributed by atoms with Crippen LogP contribution in [0.15, 0.2) is 148 Å². The van der Waals surface area contributed by atoms with E-state index in [4.69, 9.17) is 37.9 Å². The van der Waals surface area contributed by atoms with Gasteiger partial charge in [0, 0.05) is 23.7 Å². The molecular formula is C50H72O8. The van der Waals surface area contributed by atoms with Gasteiger partial charge in [0.2, 0.25) is 0 Å². The Morgan fingerprint density at radius 1 is 0.638 bits per heavy atom. The molecule has 0 aromatic carbocycles. The average molecular weight is 801 g/mol. The average Bonchev–Trinajstić information content (AvgIpc) is 4.04. The molecule has 0 aromatic heterocycles. The van der Waals surface area contributed by atoms with Crippen molar-refractivity contribution >= 4 is 0 Å². The van der Waals surface area contributed by atoms with Gasteiger partial charge in [-0.1, -0.05) is 79.5 Å². The Morgan fingerprint density at radius 2 is 1.14 bits per heavy atom. The molecule has 320 valence electrons. The summed E-state index contributed by atoms with van der Waals surface area (Å²) in [7, 11) is 0. The number of ether oxygens (including phenoxy) is 8. The van der Waals surface area contributed by atoms with Crippen LogP contribution in [0.2, 0.25) is 0 Å². The molecule has 6 aliphatic rings. The van der Waals surface area contributed by atoms with Gasteiger partial charge in [-0.25, -0.2) is 0 Å². The van der Waals surface area contributed by atoms with Gasteiger partial charge in [-0.15, -0.1) is 46.1 Å². The highest BCUT2D eigenvalue weighted by molar-refractivity contribution is 5.33. The van der Waals surface area contributed by atoms with Crippen molar-refractivity contribution in [1.82, 2.24) is 0 Å². The van der Waals surface area contributed by atoms with Crippen molar-refractivity contribution in [3.63, 3.8) is 0 Å². The van der Waals surface area contributed by atoms with Crippen LogP contribution in [-0.4, -0.2) is 102 Å². The van der Waals surface area contributed by atoms with Gasteiger partial charge in [0.05, 0.1) is 77.3 Å². The second kappa shape index (κ2) is 26.6. The molecule has 6 rings (SSSR count). The highest BCUT2D eigenvalue weighted by atomic mass is 16.6. The SMILES string of the molecule is C=CCOC1C2C=CC(C2)[C@@H]1OCC=C.C=CCO[C@@H](C(=C)C)[C@@H]1OCC=C1C.C=CCO[C@@H]1C(C)=C(C)[C@@H]1OCC=C.C=CCO[C@@H]1[C@@H]2OCC=C[C@@H]2C[C@@H]1C=C. The lowest BCUT2D eigenvalue weighted by atomic mass is 9.84. The highest BCUT2D eigenvalue weighted by Crippen LogP contribution is 2.43. The van der Waals surface area contributed by atoms with Crippen LogP contribution >= 0.6 is 0 Å². The third-order valence-corrected chi connectivity index (χ3v) is 11.1. The molecule has 0 spiro atoms.